The monoisotopic (exact) mass is 448 g/mol. The van der Waals surface area contributed by atoms with Crippen LogP contribution < -0.4 is 10.1 Å². The molecule has 8 heteroatoms. The molecule has 1 N–H and O–H groups in total. The highest BCUT2D eigenvalue weighted by molar-refractivity contribution is 7.99. The number of carbonyl (C=O) groups excluding carboxylic acids is 1. The van der Waals surface area contributed by atoms with Gasteiger partial charge in [0.05, 0.1) is 7.11 Å². The van der Waals surface area contributed by atoms with Gasteiger partial charge in [0.1, 0.15) is 11.6 Å². The van der Waals surface area contributed by atoms with Crippen molar-refractivity contribution in [2.75, 3.05) is 18.2 Å². The van der Waals surface area contributed by atoms with Crippen LogP contribution in [-0.4, -0.2) is 33.5 Å². The van der Waals surface area contributed by atoms with Gasteiger partial charge in [0.25, 0.3) is 0 Å². The fraction of sp³-hybridized carbons (Fsp3) is 0.125. The summed E-state index contributed by atoms with van der Waals surface area (Å²) in [6.45, 7) is 0. The summed E-state index contributed by atoms with van der Waals surface area (Å²) in [6, 6.07) is 23.2. The highest BCUT2D eigenvalue weighted by Crippen LogP contribution is 2.29. The van der Waals surface area contributed by atoms with E-state index in [1.54, 1.807) is 7.11 Å². The molecule has 0 atom stereocenters. The van der Waals surface area contributed by atoms with E-state index in [0.29, 0.717) is 22.4 Å². The lowest BCUT2D eigenvalue weighted by atomic mass is 10.2. The van der Waals surface area contributed by atoms with E-state index in [0.717, 1.165) is 17.0 Å². The van der Waals surface area contributed by atoms with E-state index in [1.807, 2.05) is 59.2 Å². The van der Waals surface area contributed by atoms with Gasteiger partial charge in [-0.05, 0) is 60.7 Å². The zero-order valence-corrected chi connectivity index (χ0v) is 18.2. The molecule has 0 aliphatic heterocycles. The standard InChI is InChI=1S/C24H21FN4O2S/c1-31-21-13-7-17(8-14-21)23-27-28-24(29(23)20-5-3-2-4-6-20)32-16-15-22(30)26-19-11-9-18(25)10-12-19/h2-14H,15-16H2,1H3,(H,26,30). The number of ether oxygens (including phenoxy) is 1. The van der Waals surface area contributed by atoms with E-state index in [4.69, 9.17) is 4.74 Å². The summed E-state index contributed by atoms with van der Waals surface area (Å²) in [5, 5.41) is 12.2. The van der Waals surface area contributed by atoms with Crippen molar-refractivity contribution in [2.24, 2.45) is 0 Å². The second kappa shape index (κ2) is 10.1. The Bertz CT molecular complexity index is 1180. The number of hydrogen-bond acceptors (Lipinski definition) is 5. The van der Waals surface area contributed by atoms with Crippen molar-refractivity contribution in [3.05, 3.63) is 84.7 Å². The Hall–Kier alpha value is -3.65. The van der Waals surface area contributed by atoms with Crippen molar-refractivity contribution < 1.29 is 13.9 Å². The van der Waals surface area contributed by atoms with Crippen LogP contribution in [0.25, 0.3) is 17.1 Å². The SMILES string of the molecule is COc1ccc(-c2nnc(SCCC(=O)Nc3ccc(F)cc3)n2-c2ccccc2)cc1. The van der Waals surface area contributed by atoms with Crippen LogP contribution in [-0.2, 0) is 4.79 Å². The highest BCUT2D eigenvalue weighted by atomic mass is 32.2. The number of nitrogens with zero attached hydrogens (tertiary/aromatic N) is 3. The lowest BCUT2D eigenvalue weighted by Gasteiger charge is -2.11. The molecule has 0 spiro atoms. The number of para-hydroxylation sites is 1. The highest BCUT2D eigenvalue weighted by Gasteiger charge is 2.16. The zero-order valence-electron chi connectivity index (χ0n) is 17.4. The van der Waals surface area contributed by atoms with Gasteiger partial charge in [-0.1, -0.05) is 30.0 Å². The quantitative estimate of drug-likeness (QED) is 0.375. The molecule has 1 heterocycles. The third kappa shape index (κ3) is 5.15. The van der Waals surface area contributed by atoms with Crippen molar-refractivity contribution in [3.63, 3.8) is 0 Å². The fourth-order valence-electron chi connectivity index (χ4n) is 3.09. The first-order chi connectivity index (χ1) is 15.6. The predicted molar refractivity (Wildman–Crippen MR) is 124 cm³/mol. The molecule has 0 saturated heterocycles. The largest absolute Gasteiger partial charge is 0.497 e. The minimum absolute atomic E-state index is 0.148. The average molecular weight is 449 g/mol. The Balaban J connectivity index is 1.50. The van der Waals surface area contributed by atoms with Crippen molar-refractivity contribution >= 4 is 23.4 Å². The number of benzene rings is 3. The average Bonchev–Trinajstić information content (AvgIpc) is 3.25. The van der Waals surface area contributed by atoms with E-state index >= 15 is 0 Å². The van der Waals surface area contributed by atoms with Crippen LogP contribution in [0.4, 0.5) is 10.1 Å². The summed E-state index contributed by atoms with van der Waals surface area (Å²) < 4.78 is 20.2. The van der Waals surface area contributed by atoms with Crippen molar-refractivity contribution in [1.82, 2.24) is 14.8 Å². The maximum absolute atomic E-state index is 13.0. The number of methoxy groups -OCH3 is 1. The summed E-state index contributed by atoms with van der Waals surface area (Å²) >= 11 is 1.45. The Morgan fingerprint density at radius 2 is 1.72 bits per heavy atom. The molecule has 4 rings (SSSR count). The molecule has 1 amide bonds. The van der Waals surface area contributed by atoms with Crippen molar-refractivity contribution in [1.29, 1.82) is 0 Å². The smallest absolute Gasteiger partial charge is 0.225 e. The van der Waals surface area contributed by atoms with Gasteiger partial charge in [0, 0.05) is 29.1 Å². The van der Waals surface area contributed by atoms with Gasteiger partial charge in [0.15, 0.2) is 11.0 Å². The van der Waals surface area contributed by atoms with E-state index < -0.39 is 0 Å². The lowest BCUT2D eigenvalue weighted by molar-refractivity contribution is -0.115. The zero-order chi connectivity index (χ0) is 22.3. The molecule has 0 aliphatic carbocycles. The van der Waals surface area contributed by atoms with Gasteiger partial charge in [-0.25, -0.2) is 4.39 Å². The first-order valence-corrected chi connectivity index (χ1v) is 11.0. The maximum Gasteiger partial charge on any atom is 0.225 e. The molecule has 6 nitrogen and oxygen atoms in total. The fourth-order valence-corrected chi connectivity index (χ4v) is 3.98. The van der Waals surface area contributed by atoms with E-state index in [1.165, 1.54) is 36.0 Å². The lowest BCUT2D eigenvalue weighted by Crippen LogP contribution is -2.12. The van der Waals surface area contributed by atoms with E-state index in [2.05, 4.69) is 15.5 Å². The summed E-state index contributed by atoms with van der Waals surface area (Å²) in [4.78, 5) is 12.3. The molecule has 0 bridgehead atoms. The predicted octanol–water partition coefficient (Wildman–Crippen LogP) is 5.20. The Kier molecular flexibility index (Phi) is 6.81. The Morgan fingerprint density at radius 1 is 1.00 bits per heavy atom. The molecule has 0 radical (unpaired) electrons. The third-order valence-electron chi connectivity index (χ3n) is 4.68. The molecular formula is C24H21FN4O2S. The topological polar surface area (TPSA) is 69.0 Å². The first kappa shape index (κ1) is 21.6. The Labute approximate surface area is 189 Å². The first-order valence-electron chi connectivity index (χ1n) is 9.97. The number of carbonyl (C=O) groups is 1. The number of thioether (sulfide) groups is 1. The van der Waals surface area contributed by atoms with Crippen LogP contribution in [0.1, 0.15) is 6.42 Å². The van der Waals surface area contributed by atoms with Crippen molar-refractivity contribution in [2.45, 2.75) is 11.6 Å². The van der Waals surface area contributed by atoms with E-state index in [9.17, 15) is 9.18 Å². The number of hydrogen-bond donors (Lipinski definition) is 1. The van der Waals surface area contributed by atoms with Crippen LogP contribution in [0.2, 0.25) is 0 Å². The van der Waals surface area contributed by atoms with Crippen LogP contribution in [0.3, 0.4) is 0 Å². The van der Waals surface area contributed by atoms with Crippen LogP contribution in [0, 0.1) is 5.82 Å². The molecule has 162 valence electrons. The number of amides is 1. The molecular weight excluding hydrogens is 427 g/mol. The van der Waals surface area contributed by atoms with Gasteiger partial charge in [-0.3, -0.25) is 9.36 Å². The number of anilines is 1. The molecule has 0 unspecified atom stereocenters. The summed E-state index contributed by atoms with van der Waals surface area (Å²) in [5.41, 5.74) is 2.40. The van der Waals surface area contributed by atoms with Crippen LogP contribution in [0.15, 0.2) is 84.0 Å². The van der Waals surface area contributed by atoms with Gasteiger partial charge in [-0.15, -0.1) is 10.2 Å². The Morgan fingerprint density at radius 3 is 2.41 bits per heavy atom. The van der Waals surface area contributed by atoms with Gasteiger partial charge >= 0.3 is 0 Å². The van der Waals surface area contributed by atoms with Gasteiger partial charge < -0.3 is 10.1 Å². The van der Waals surface area contributed by atoms with Crippen LogP contribution in [0.5, 0.6) is 5.75 Å². The van der Waals surface area contributed by atoms with Crippen LogP contribution >= 0.6 is 11.8 Å². The van der Waals surface area contributed by atoms with Crippen molar-refractivity contribution in [3.8, 4) is 22.8 Å². The maximum atomic E-state index is 13.0. The number of rotatable bonds is 8. The van der Waals surface area contributed by atoms with Gasteiger partial charge in [-0.2, -0.15) is 0 Å². The molecule has 0 aliphatic rings. The van der Waals surface area contributed by atoms with Gasteiger partial charge in [0.2, 0.25) is 5.91 Å². The number of aromatic nitrogens is 3. The second-order valence-electron chi connectivity index (χ2n) is 6.86. The minimum Gasteiger partial charge on any atom is -0.497 e. The molecule has 32 heavy (non-hydrogen) atoms. The minimum atomic E-state index is -0.341. The summed E-state index contributed by atoms with van der Waals surface area (Å²) in [5.74, 6) is 1.50. The molecule has 1 aromatic heterocycles. The summed E-state index contributed by atoms with van der Waals surface area (Å²) in [6.07, 6.45) is 0.279. The molecule has 4 aromatic rings. The molecule has 3 aromatic carbocycles. The molecule has 0 fully saturated rings. The second-order valence-corrected chi connectivity index (χ2v) is 7.92. The number of halogens is 1. The normalized spacial score (nSPS) is 10.7. The number of nitrogens with one attached hydrogen (secondary N) is 1. The summed E-state index contributed by atoms with van der Waals surface area (Å²) in [7, 11) is 1.63. The van der Waals surface area contributed by atoms with E-state index in [-0.39, 0.29) is 18.1 Å². The third-order valence-corrected chi connectivity index (χ3v) is 5.61. The molecule has 0 saturated carbocycles.